The number of aromatic amines is 2. The SMILES string of the molecule is COC(=O)c1ccc2c(-c3cc4cc(CNCC5CCNCC5)ccc4[nH]3)n[nH]c2c1. The molecule has 3 heterocycles. The van der Waals surface area contributed by atoms with Crippen LogP contribution in [0, 0.1) is 5.92 Å². The molecular formula is C24H27N5O2. The Balaban J connectivity index is 1.34. The Kier molecular flexibility index (Phi) is 5.44. The first kappa shape index (κ1) is 19.8. The molecule has 1 fully saturated rings. The fourth-order valence-electron chi connectivity index (χ4n) is 4.40. The number of ether oxygens (including phenoxy) is 1. The second-order valence-corrected chi connectivity index (χ2v) is 8.25. The van der Waals surface area contributed by atoms with Gasteiger partial charge in [-0.3, -0.25) is 5.10 Å². The van der Waals surface area contributed by atoms with Crippen molar-refractivity contribution >= 4 is 27.8 Å². The quantitative estimate of drug-likeness (QED) is 0.360. The second kappa shape index (κ2) is 8.53. The van der Waals surface area contributed by atoms with Gasteiger partial charge in [0.05, 0.1) is 23.9 Å². The van der Waals surface area contributed by atoms with Gasteiger partial charge in [0.2, 0.25) is 0 Å². The summed E-state index contributed by atoms with van der Waals surface area (Å²) < 4.78 is 4.80. The molecule has 160 valence electrons. The van der Waals surface area contributed by atoms with Crippen LogP contribution in [-0.4, -0.2) is 47.9 Å². The van der Waals surface area contributed by atoms with Crippen LogP contribution in [0.2, 0.25) is 0 Å². The molecule has 2 aromatic carbocycles. The van der Waals surface area contributed by atoms with Crippen molar-refractivity contribution in [3.63, 3.8) is 0 Å². The highest BCUT2D eigenvalue weighted by atomic mass is 16.5. The van der Waals surface area contributed by atoms with Crippen molar-refractivity contribution in [2.24, 2.45) is 5.92 Å². The van der Waals surface area contributed by atoms with Gasteiger partial charge in [-0.2, -0.15) is 5.10 Å². The van der Waals surface area contributed by atoms with Crippen molar-refractivity contribution in [3.8, 4) is 11.4 Å². The number of carbonyl (C=O) groups is 1. The highest BCUT2D eigenvalue weighted by molar-refractivity contribution is 5.99. The van der Waals surface area contributed by atoms with Gasteiger partial charge in [-0.15, -0.1) is 0 Å². The van der Waals surface area contributed by atoms with E-state index in [4.69, 9.17) is 4.74 Å². The first-order valence-electron chi connectivity index (χ1n) is 10.8. The van der Waals surface area contributed by atoms with E-state index in [1.807, 2.05) is 6.07 Å². The molecule has 1 saturated heterocycles. The summed E-state index contributed by atoms with van der Waals surface area (Å²) in [5.74, 6) is 0.418. The third-order valence-corrected chi connectivity index (χ3v) is 6.15. The van der Waals surface area contributed by atoms with Gasteiger partial charge >= 0.3 is 5.97 Å². The highest BCUT2D eigenvalue weighted by Gasteiger charge is 2.15. The van der Waals surface area contributed by atoms with E-state index < -0.39 is 0 Å². The summed E-state index contributed by atoms with van der Waals surface area (Å²) in [5, 5.41) is 16.7. The summed E-state index contributed by atoms with van der Waals surface area (Å²) in [5.41, 5.74) is 5.46. The lowest BCUT2D eigenvalue weighted by Crippen LogP contribution is -2.33. The molecule has 7 nitrogen and oxygen atoms in total. The lowest BCUT2D eigenvalue weighted by molar-refractivity contribution is 0.0601. The minimum atomic E-state index is -0.357. The monoisotopic (exact) mass is 417 g/mol. The zero-order valence-corrected chi connectivity index (χ0v) is 17.6. The van der Waals surface area contributed by atoms with Gasteiger partial charge in [-0.05, 0) is 80.4 Å². The van der Waals surface area contributed by atoms with Crippen molar-refractivity contribution in [1.29, 1.82) is 0 Å². The zero-order valence-electron chi connectivity index (χ0n) is 17.6. The fraction of sp³-hybridized carbons (Fsp3) is 0.333. The normalized spacial score (nSPS) is 15.0. The molecular weight excluding hydrogens is 390 g/mol. The third kappa shape index (κ3) is 4.06. The van der Waals surface area contributed by atoms with Crippen molar-refractivity contribution in [2.45, 2.75) is 19.4 Å². The standard InChI is InChI=1S/C24H27N5O2/c1-31-24(30)17-3-4-19-21(11-17)28-29-23(19)22-12-18-10-16(2-5-20(18)27-22)14-26-13-15-6-8-25-9-7-15/h2-5,10-12,15,25-27H,6-9,13-14H2,1H3,(H,28,29). The van der Waals surface area contributed by atoms with E-state index in [1.165, 1.54) is 30.9 Å². The van der Waals surface area contributed by atoms with Crippen molar-refractivity contribution in [3.05, 3.63) is 53.6 Å². The Morgan fingerprint density at radius 3 is 2.84 bits per heavy atom. The molecule has 31 heavy (non-hydrogen) atoms. The maximum atomic E-state index is 11.8. The van der Waals surface area contributed by atoms with Crippen LogP contribution in [0.15, 0.2) is 42.5 Å². The number of aromatic nitrogens is 3. The maximum absolute atomic E-state index is 11.8. The number of fused-ring (bicyclic) bond motifs is 2. The smallest absolute Gasteiger partial charge is 0.337 e. The minimum Gasteiger partial charge on any atom is -0.465 e. The number of H-pyrrole nitrogens is 2. The van der Waals surface area contributed by atoms with Gasteiger partial charge in [-0.1, -0.05) is 6.07 Å². The van der Waals surface area contributed by atoms with E-state index in [1.54, 1.807) is 12.1 Å². The first-order valence-corrected chi connectivity index (χ1v) is 10.8. The Bertz CT molecular complexity index is 1220. The zero-order chi connectivity index (χ0) is 21.2. The number of hydrogen-bond acceptors (Lipinski definition) is 5. The summed E-state index contributed by atoms with van der Waals surface area (Å²) in [4.78, 5) is 15.2. The number of rotatable bonds is 6. The minimum absolute atomic E-state index is 0.357. The molecule has 4 N–H and O–H groups in total. The molecule has 1 aliphatic heterocycles. The van der Waals surface area contributed by atoms with Crippen molar-refractivity contribution in [2.75, 3.05) is 26.7 Å². The van der Waals surface area contributed by atoms with E-state index in [9.17, 15) is 4.79 Å². The lowest BCUT2D eigenvalue weighted by atomic mass is 9.98. The number of nitrogens with zero attached hydrogens (tertiary/aromatic N) is 1. The van der Waals surface area contributed by atoms with E-state index in [2.05, 4.69) is 50.1 Å². The number of benzene rings is 2. The predicted octanol–water partition coefficient (Wildman–Crippen LogP) is 3.59. The summed E-state index contributed by atoms with van der Waals surface area (Å²) in [6.07, 6.45) is 2.51. The summed E-state index contributed by atoms with van der Waals surface area (Å²) in [7, 11) is 1.38. The average molecular weight is 418 g/mol. The molecule has 2 aromatic heterocycles. The molecule has 0 amide bonds. The predicted molar refractivity (Wildman–Crippen MR) is 122 cm³/mol. The number of nitrogens with one attached hydrogen (secondary N) is 4. The van der Waals surface area contributed by atoms with E-state index in [-0.39, 0.29) is 5.97 Å². The molecule has 0 aliphatic carbocycles. The van der Waals surface area contributed by atoms with Crippen molar-refractivity contribution in [1.82, 2.24) is 25.8 Å². The van der Waals surface area contributed by atoms with E-state index >= 15 is 0 Å². The van der Waals surface area contributed by atoms with Crippen LogP contribution >= 0.6 is 0 Å². The molecule has 1 aliphatic rings. The van der Waals surface area contributed by atoms with Gasteiger partial charge in [0.15, 0.2) is 0 Å². The van der Waals surface area contributed by atoms with Crippen LogP contribution in [0.3, 0.4) is 0 Å². The fourth-order valence-corrected chi connectivity index (χ4v) is 4.40. The number of hydrogen-bond donors (Lipinski definition) is 4. The maximum Gasteiger partial charge on any atom is 0.337 e. The second-order valence-electron chi connectivity index (χ2n) is 8.25. The summed E-state index contributed by atoms with van der Waals surface area (Å²) >= 11 is 0. The number of esters is 1. The number of methoxy groups -OCH3 is 1. The summed E-state index contributed by atoms with van der Waals surface area (Å²) in [6.45, 7) is 4.22. The van der Waals surface area contributed by atoms with Gasteiger partial charge in [-0.25, -0.2) is 4.79 Å². The van der Waals surface area contributed by atoms with Gasteiger partial charge in [0.25, 0.3) is 0 Å². The average Bonchev–Trinajstić information content (AvgIpc) is 3.42. The van der Waals surface area contributed by atoms with Gasteiger partial charge < -0.3 is 20.4 Å². The topological polar surface area (TPSA) is 94.8 Å². The first-order chi connectivity index (χ1) is 15.2. The molecule has 7 heteroatoms. The molecule has 0 unspecified atom stereocenters. The molecule has 4 aromatic rings. The highest BCUT2D eigenvalue weighted by Crippen LogP contribution is 2.29. The molecule has 5 rings (SSSR count). The van der Waals surface area contributed by atoms with E-state index in [0.29, 0.717) is 5.56 Å². The molecule has 0 bridgehead atoms. The molecule has 0 saturated carbocycles. The van der Waals surface area contributed by atoms with E-state index in [0.717, 1.165) is 59.9 Å². The Morgan fingerprint density at radius 2 is 2.00 bits per heavy atom. The van der Waals surface area contributed by atoms with Crippen LogP contribution in [0.5, 0.6) is 0 Å². The van der Waals surface area contributed by atoms with Crippen LogP contribution < -0.4 is 10.6 Å². The third-order valence-electron chi connectivity index (χ3n) is 6.15. The van der Waals surface area contributed by atoms with Gasteiger partial charge in [0.1, 0.15) is 5.69 Å². The number of carbonyl (C=O) groups excluding carboxylic acids is 1. The molecule has 0 spiro atoms. The van der Waals surface area contributed by atoms with Gasteiger partial charge in [0, 0.05) is 22.8 Å². The molecule has 0 atom stereocenters. The Morgan fingerprint density at radius 1 is 1.13 bits per heavy atom. The number of piperidine rings is 1. The van der Waals surface area contributed by atoms with Crippen LogP contribution in [-0.2, 0) is 11.3 Å². The Hall–Kier alpha value is -3.16. The lowest BCUT2D eigenvalue weighted by Gasteiger charge is -2.22. The molecule has 0 radical (unpaired) electrons. The summed E-state index contributed by atoms with van der Waals surface area (Å²) in [6, 6.07) is 14.1. The Labute approximate surface area is 180 Å². The van der Waals surface area contributed by atoms with Crippen molar-refractivity contribution < 1.29 is 9.53 Å². The van der Waals surface area contributed by atoms with Crippen LogP contribution in [0.4, 0.5) is 0 Å². The van der Waals surface area contributed by atoms with Crippen LogP contribution in [0.1, 0.15) is 28.8 Å². The van der Waals surface area contributed by atoms with Crippen LogP contribution in [0.25, 0.3) is 33.2 Å². The largest absolute Gasteiger partial charge is 0.465 e.